The zero-order valence-corrected chi connectivity index (χ0v) is 13.6. The highest BCUT2D eigenvalue weighted by molar-refractivity contribution is 5.40. The van der Waals surface area contributed by atoms with Crippen LogP contribution in [0.25, 0.3) is 0 Å². The molecule has 3 rings (SSSR count). The molecule has 0 amide bonds. The zero-order chi connectivity index (χ0) is 16.3. The molecule has 3 aromatic carbocycles. The smallest absolute Gasteiger partial charge is 0.119 e. The van der Waals surface area contributed by atoms with Gasteiger partial charge in [0.1, 0.15) is 5.60 Å². The van der Waals surface area contributed by atoms with Crippen molar-refractivity contribution in [1.82, 2.24) is 0 Å². The van der Waals surface area contributed by atoms with Crippen LogP contribution in [-0.4, -0.2) is 5.11 Å². The molecule has 0 heterocycles. The molecule has 115 valence electrons. The van der Waals surface area contributed by atoms with E-state index in [4.69, 9.17) is 0 Å². The maximum absolute atomic E-state index is 11.6. The molecule has 0 aliphatic rings. The second-order valence-electron chi connectivity index (χ2n) is 6.18. The molecular weight excluding hydrogens is 280 g/mol. The first-order valence-electron chi connectivity index (χ1n) is 7.89. The van der Waals surface area contributed by atoms with E-state index in [9.17, 15) is 5.11 Å². The normalized spacial score (nSPS) is 11.4. The molecule has 0 saturated heterocycles. The van der Waals surface area contributed by atoms with Gasteiger partial charge in [-0.25, -0.2) is 0 Å². The van der Waals surface area contributed by atoms with Crippen LogP contribution in [0.4, 0.5) is 0 Å². The van der Waals surface area contributed by atoms with E-state index in [1.807, 2.05) is 72.8 Å². The monoisotopic (exact) mass is 301 g/mol. The van der Waals surface area contributed by atoms with Crippen molar-refractivity contribution in [3.8, 4) is 0 Å². The summed E-state index contributed by atoms with van der Waals surface area (Å²) in [6, 6.07) is 27.1. The number of aliphatic hydroxyl groups is 1. The Morgan fingerprint density at radius 2 is 1.17 bits per heavy atom. The van der Waals surface area contributed by atoms with Crippen LogP contribution in [0.3, 0.4) is 0 Å². The van der Waals surface area contributed by atoms with Crippen molar-refractivity contribution >= 4 is 0 Å². The highest BCUT2D eigenvalue weighted by Gasteiger charge is 2.31. The van der Waals surface area contributed by atoms with Crippen LogP contribution in [0.1, 0.15) is 27.8 Å². The summed E-state index contributed by atoms with van der Waals surface area (Å²) in [5, 5.41) is 11.6. The Labute approximate surface area is 138 Å². The summed E-state index contributed by atoms with van der Waals surface area (Å²) in [6.45, 7) is 4.11. The highest BCUT2D eigenvalue weighted by atomic mass is 16.3. The number of aryl methyl sites for hydroxylation is 2. The third-order valence-corrected chi connectivity index (χ3v) is 4.31. The van der Waals surface area contributed by atoms with Crippen molar-refractivity contribution in [2.45, 2.75) is 25.9 Å². The minimum absolute atomic E-state index is 0.536. The lowest BCUT2D eigenvalue weighted by Crippen LogP contribution is -2.30. The number of benzene rings is 3. The quantitative estimate of drug-likeness (QED) is 0.747. The minimum Gasteiger partial charge on any atom is -0.380 e. The molecule has 0 saturated carbocycles. The van der Waals surface area contributed by atoms with Crippen LogP contribution in [0.2, 0.25) is 0 Å². The second kappa shape index (κ2) is 6.39. The molecule has 1 radical (unpaired) electrons. The van der Waals surface area contributed by atoms with Crippen molar-refractivity contribution in [3.63, 3.8) is 0 Å². The average Bonchev–Trinajstić information content (AvgIpc) is 2.57. The Balaban J connectivity index is 2.08. The predicted octanol–water partition coefficient (Wildman–Crippen LogP) is 4.58. The molecule has 3 aromatic rings. The fourth-order valence-electron chi connectivity index (χ4n) is 2.86. The molecule has 1 nitrogen and oxygen atoms in total. The van der Waals surface area contributed by atoms with Crippen LogP contribution in [0.5, 0.6) is 0 Å². The van der Waals surface area contributed by atoms with E-state index >= 15 is 0 Å². The van der Waals surface area contributed by atoms with Gasteiger partial charge in [0.25, 0.3) is 0 Å². The van der Waals surface area contributed by atoms with Gasteiger partial charge in [0.05, 0.1) is 0 Å². The van der Waals surface area contributed by atoms with Gasteiger partial charge in [0.15, 0.2) is 0 Å². The van der Waals surface area contributed by atoms with Crippen LogP contribution in [0.15, 0.2) is 72.8 Å². The van der Waals surface area contributed by atoms with Crippen molar-refractivity contribution in [2.75, 3.05) is 0 Å². The van der Waals surface area contributed by atoms with Crippen molar-refractivity contribution in [2.24, 2.45) is 0 Å². The topological polar surface area (TPSA) is 20.2 Å². The summed E-state index contributed by atoms with van der Waals surface area (Å²) in [5.74, 6) is 0. The first-order chi connectivity index (χ1) is 11.1. The number of hydrogen-bond acceptors (Lipinski definition) is 1. The Morgan fingerprint density at radius 1 is 0.739 bits per heavy atom. The Hall–Kier alpha value is -2.38. The Morgan fingerprint density at radius 3 is 1.61 bits per heavy atom. The van der Waals surface area contributed by atoms with E-state index in [1.165, 1.54) is 11.1 Å². The number of rotatable bonds is 4. The van der Waals surface area contributed by atoms with E-state index in [2.05, 4.69) is 19.9 Å². The largest absolute Gasteiger partial charge is 0.380 e. The summed E-state index contributed by atoms with van der Waals surface area (Å²) in [5.41, 5.74) is 4.26. The Bertz CT molecular complexity index is 710. The van der Waals surface area contributed by atoms with Crippen molar-refractivity contribution in [3.05, 3.63) is 107 Å². The van der Waals surface area contributed by atoms with Gasteiger partial charge >= 0.3 is 0 Å². The molecule has 0 aromatic heterocycles. The molecule has 23 heavy (non-hydrogen) atoms. The van der Waals surface area contributed by atoms with Crippen LogP contribution < -0.4 is 0 Å². The van der Waals surface area contributed by atoms with E-state index in [1.54, 1.807) is 0 Å². The molecule has 0 spiro atoms. The first kappa shape index (κ1) is 15.5. The summed E-state index contributed by atoms with van der Waals surface area (Å²) >= 11 is 0. The minimum atomic E-state index is -1.04. The predicted molar refractivity (Wildman–Crippen MR) is 94.3 cm³/mol. The maximum atomic E-state index is 11.6. The van der Waals surface area contributed by atoms with E-state index in [-0.39, 0.29) is 0 Å². The van der Waals surface area contributed by atoms with Crippen molar-refractivity contribution in [1.29, 1.82) is 0 Å². The van der Waals surface area contributed by atoms with Gasteiger partial charge in [-0.15, -0.1) is 0 Å². The van der Waals surface area contributed by atoms with Gasteiger partial charge < -0.3 is 5.11 Å². The van der Waals surface area contributed by atoms with Crippen LogP contribution >= 0.6 is 0 Å². The molecule has 0 atom stereocenters. The summed E-state index contributed by atoms with van der Waals surface area (Å²) in [4.78, 5) is 0. The fraction of sp³-hybridized carbons (Fsp3) is 0.182. The second-order valence-corrected chi connectivity index (χ2v) is 6.18. The summed E-state index contributed by atoms with van der Waals surface area (Å²) in [6.07, 6.45) is 0.536. The molecule has 0 aliphatic carbocycles. The third kappa shape index (κ3) is 3.35. The number of hydrogen-bond donors (Lipinski definition) is 1. The van der Waals surface area contributed by atoms with Gasteiger partial charge in [0.2, 0.25) is 0 Å². The van der Waals surface area contributed by atoms with Gasteiger partial charge in [0, 0.05) is 6.42 Å². The zero-order valence-electron chi connectivity index (χ0n) is 13.6. The van der Waals surface area contributed by atoms with Gasteiger partial charge in [-0.3, -0.25) is 0 Å². The third-order valence-electron chi connectivity index (χ3n) is 4.31. The van der Waals surface area contributed by atoms with Crippen molar-refractivity contribution < 1.29 is 5.11 Å². The molecule has 0 unspecified atom stereocenters. The molecule has 0 fully saturated rings. The lowest BCUT2D eigenvalue weighted by molar-refractivity contribution is 0.0811. The standard InChI is InChI=1S/C22H21O/c1-17-8-12-20(13-9-17)22(23,16-19-6-4-3-5-7-19)21-14-10-18(2)11-15-21/h4-15,23H,16H2,1-2H3. The van der Waals surface area contributed by atoms with Crippen LogP contribution in [0, 0.1) is 19.9 Å². The first-order valence-corrected chi connectivity index (χ1v) is 7.89. The molecule has 1 N–H and O–H groups in total. The van der Waals surface area contributed by atoms with E-state index < -0.39 is 5.60 Å². The fourth-order valence-corrected chi connectivity index (χ4v) is 2.86. The van der Waals surface area contributed by atoms with E-state index in [0.717, 1.165) is 16.7 Å². The SMILES string of the molecule is Cc1ccc(C(O)(Cc2cc[c]cc2)c2ccc(C)cc2)cc1. The molecule has 1 heteroatoms. The molecular formula is C22H21O. The lowest BCUT2D eigenvalue weighted by atomic mass is 9.81. The molecule has 0 aliphatic heterocycles. The Kier molecular flexibility index (Phi) is 4.31. The summed E-state index contributed by atoms with van der Waals surface area (Å²) in [7, 11) is 0. The molecule has 0 bridgehead atoms. The van der Waals surface area contributed by atoms with Gasteiger partial charge in [-0.05, 0) is 36.6 Å². The van der Waals surface area contributed by atoms with Gasteiger partial charge in [-0.1, -0.05) is 83.9 Å². The maximum Gasteiger partial charge on any atom is 0.119 e. The van der Waals surface area contributed by atoms with Crippen LogP contribution in [-0.2, 0) is 12.0 Å². The average molecular weight is 301 g/mol. The van der Waals surface area contributed by atoms with E-state index in [0.29, 0.717) is 6.42 Å². The van der Waals surface area contributed by atoms with Gasteiger partial charge in [-0.2, -0.15) is 0 Å². The summed E-state index contributed by atoms with van der Waals surface area (Å²) < 4.78 is 0. The lowest BCUT2D eigenvalue weighted by Gasteiger charge is -2.30. The highest BCUT2D eigenvalue weighted by Crippen LogP contribution is 2.33.